The van der Waals surface area contributed by atoms with Crippen molar-refractivity contribution in [2.24, 2.45) is 17.8 Å². The van der Waals surface area contributed by atoms with Crippen molar-refractivity contribution in [2.45, 2.75) is 38.5 Å². The fourth-order valence-electron chi connectivity index (χ4n) is 3.04. The Bertz CT molecular complexity index is 188. The van der Waals surface area contributed by atoms with E-state index in [-0.39, 0.29) is 0 Å². The van der Waals surface area contributed by atoms with E-state index < -0.39 is 5.97 Å². The summed E-state index contributed by atoms with van der Waals surface area (Å²) >= 11 is 0. The van der Waals surface area contributed by atoms with Crippen molar-refractivity contribution < 1.29 is 9.90 Å². The van der Waals surface area contributed by atoms with E-state index in [0.717, 1.165) is 24.2 Å². The highest BCUT2D eigenvalue weighted by atomic mass is 16.4. The van der Waals surface area contributed by atoms with Crippen LogP contribution in [0.15, 0.2) is 0 Å². The zero-order valence-electron chi connectivity index (χ0n) is 7.33. The van der Waals surface area contributed by atoms with Crippen LogP contribution < -0.4 is 0 Å². The number of hydrogen-bond donors (Lipinski definition) is 1. The van der Waals surface area contributed by atoms with Crippen LogP contribution in [0.5, 0.6) is 0 Å². The second kappa shape index (κ2) is 3.08. The summed E-state index contributed by atoms with van der Waals surface area (Å²) in [5, 5.41) is 8.54. The van der Waals surface area contributed by atoms with Crippen LogP contribution in [-0.4, -0.2) is 11.1 Å². The quantitative estimate of drug-likeness (QED) is 0.702. The molecular formula is C10H16O2. The summed E-state index contributed by atoms with van der Waals surface area (Å²) < 4.78 is 0. The first-order valence-electron chi connectivity index (χ1n) is 4.97. The molecule has 0 unspecified atom stereocenters. The van der Waals surface area contributed by atoms with Gasteiger partial charge in [0.15, 0.2) is 0 Å². The smallest absolute Gasteiger partial charge is 0.303 e. The van der Waals surface area contributed by atoms with Gasteiger partial charge >= 0.3 is 5.97 Å². The van der Waals surface area contributed by atoms with E-state index in [2.05, 4.69) is 0 Å². The molecule has 2 rings (SSSR count). The number of fused-ring (bicyclic) bond motifs is 2. The molecule has 0 amide bonds. The van der Waals surface area contributed by atoms with Gasteiger partial charge in [-0.05, 0) is 43.4 Å². The van der Waals surface area contributed by atoms with Gasteiger partial charge in [0.2, 0.25) is 0 Å². The lowest BCUT2D eigenvalue weighted by atomic mass is 9.85. The molecule has 68 valence electrons. The van der Waals surface area contributed by atoms with Gasteiger partial charge in [-0.3, -0.25) is 4.79 Å². The number of carboxylic acids is 1. The molecule has 0 aromatic heterocycles. The summed E-state index contributed by atoms with van der Waals surface area (Å²) in [5.74, 6) is 1.96. The molecular weight excluding hydrogens is 152 g/mol. The number of rotatable bonds is 3. The fraction of sp³-hybridized carbons (Fsp3) is 0.900. The van der Waals surface area contributed by atoms with Crippen molar-refractivity contribution in [1.82, 2.24) is 0 Å². The highest BCUT2D eigenvalue weighted by molar-refractivity contribution is 5.66. The molecule has 3 atom stereocenters. The lowest BCUT2D eigenvalue weighted by Gasteiger charge is -2.20. The van der Waals surface area contributed by atoms with E-state index in [1.807, 2.05) is 0 Å². The standard InChI is InChI=1S/C10H16O2/c11-10(12)4-3-9-6-7-1-2-8(9)5-7/h7-9H,1-6H2,(H,11,12)/t7-,8+,9-/m1/s1. The normalized spacial score (nSPS) is 38.8. The Labute approximate surface area is 73.0 Å². The molecule has 12 heavy (non-hydrogen) atoms. The Morgan fingerprint density at radius 2 is 2.17 bits per heavy atom. The summed E-state index contributed by atoms with van der Waals surface area (Å²) in [7, 11) is 0. The summed E-state index contributed by atoms with van der Waals surface area (Å²) in [6.07, 6.45) is 6.80. The Morgan fingerprint density at radius 1 is 1.33 bits per heavy atom. The largest absolute Gasteiger partial charge is 0.481 e. The molecule has 2 fully saturated rings. The molecule has 2 bridgehead atoms. The topological polar surface area (TPSA) is 37.3 Å². The summed E-state index contributed by atoms with van der Waals surface area (Å²) in [6, 6.07) is 0. The Hall–Kier alpha value is -0.530. The first-order chi connectivity index (χ1) is 5.75. The molecule has 0 radical (unpaired) electrons. The van der Waals surface area contributed by atoms with E-state index in [4.69, 9.17) is 5.11 Å². The van der Waals surface area contributed by atoms with E-state index in [9.17, 15) is 4.79 Å². The Balaban J connectivity index is 1.79. The third-order valence-corrected chi connectivity index (χ3v) is 3.61. The third-order valence-electron chi connectivity index (χ3n) is 3.61. The van der Waals surface area contributed by atoms with Gasteiger partial charge in [0.1, 0.15) is 0 Å². The van der Waals surface area contributed by atoms with E-state index in [0.29, 0.717) is 6.42 Å². The van der Waals surface area contributed by atoms with Crippen molar-refractivity contribution in [3.8, 4) is 0 Å². The van der Waals surface area contributed by atoms with E-state index >= 15 is 0 Å². The molecule has 2 saturated carbocycles. The minimum Gasteiger partial charge on any atom is -0.481 e. The average molecular weight is 168 g/mol. The number of hydrogen-bond acceptors (Lipinski definition) is 1. The average Bonchev–Trinajstić information content (AvgIpc) is 2.60. The lowest BCUT2D eigenvalue weighted by Crippen LogP contribution is -2.11. The number of carboxylic acid groups (broad SMARTS) is 1. The van der Waals surface area contributed by atoms with Crippen LogP contribution in [0.3, 0.4) is 0 Å². The molecule has 0 aromatic rings. The molecule has 0 aromatic carbocycles. The van der Waals surface area contributed by atoms with Crippen LogP contribution in [-0.2, 0) is 4.79 Å². The maximum atomic E-state index is 10.4. The SMILES string of the molecule is O=C(O)CC[C@@H]1C[C@@H]2CC[C@H]1C2. The minimum atomic E-state index is -0.627. The predicted molar refractivity (Wildman–Crippen MR) is 45.8 cm³/mol. The van der Waals surface area contributed by atoms with Crippen molar-refractivity contribution in [1.29, 1.82) is 0 Å². The second-order valence-electron chi connectivity index (χ2n) is 4.37. The van der Waals surface area contributed by atoms with Crippen molar-refractivity contribution in [3.05, 3.63) is 0 Å². The molecule has 0 spiro atoms. The zero-order chi connectivity index (χ0) is 8.55. The van der Waals surface area contributed by atoms with Crippen LogP contribution in [0.25, 0.3) is 0 Å². The van der Waals surface area contributed by atoms with Gasteiger partial charge in [-0.25, -0.2) is 0 Å². The number of aliphatic carboxylic acids is 1. The van der Waals surface area contributed by atoms with Crippen LogP contribution in [0.2, 0.25) is 0 Å². The van der Waals surface area contributed by atoms with Gasteiger partial charge in [0.05, 0.1) is 0 Å². The van der Waals surface area contributed by atoms with Gasteiger partial charge in [-0.2, -0.15) is 0 Å². The molecule has 2 aliphatic rings. The van der Waals surface area contributed by atoms with Gasteiger partial charge in [-0.15, -0.1) is 0 Å². The van der Waals surface area contributed by atoms with Gasteiger partial charge < -0.3 is 5.11 Å². The summed E-state index contributed by atoms with van der Waals surface area (Å²) in [5.41, 5.74) is 0. The number of carbonyl (C=O) groups is 1. The van der Waals surface area contributed by atoms with Crippen LogP contribution >= 0.6 is 0 Å². The zero-order valence-corrected chi connectivity index (χ0v) is 7.33. The predicted octanol–water partition coefficient (Wildman–Crippen LogP) is 2.29. The Morgan fingerprint density at radius 3 is 2.67 bits per heavy atom. The van der Waals surface area contributed by atoms with E-state index in [1.165, 1.54) is 25.7 Å². The highest BCUT2D eigenvalue weighted by Gasteiger charge is 2.38. The maximum absolute atomic E-state index is 10.4. The third kappa shape index (κ3) is 1.47. The first kappa shape index (κ1) is 8.09. The molecule has 0 saturated heterocycles. The van der Waals surface area contributed by atoms with E-state index in [1.54, 1.807) is 0 Å². The second-order valence-corrected chi connectivity index (χ2v) is 4.37. The summed E-state index contributed by atoms with van der Waals surface area (Å²) in [4.78, 5) is 10.4. The van der Waals surface area contributed by atoms with Crippen molar-refractivity contribution in [2.75, 3.05) is 0 Å². The fourth-order valence-corrected chi connectivity index (χ4v) is 3.04. The molecule has 0 heterocycles. The Kier molecular flexibility index (Phi) is 2.07. The van der Waals surface area contributed by atoms with Crippen LogP contribution in [0, 0.1) is 17.8 Å². The summed E-state index contributed by atoms with van der Waals surface area (Å²) in [6.45, 7) is 0. The van der Waals surface area contributed by atoms with Gasteiger partial charge in [-0.1, -0.05) is 6.42 Å². The molecule has 0 aliphatic heterocycles. The van der Waals surface area contributed by atoms with Crippen molar-refractivity contribution in [3.63, 3.8) is 0 Å². The monoisotopic (exact) mass is 168 g/mol. The molecule has 1 N–H and O–H groups in total. The van der Waals surface area contributed by atoms with Gasteiger partial charge in [0.25, 0.3) is 0 Å². The van der Waals surface area contributed by atoms with Gasteiger partial charge in [0, 0.05) is 6.42 Å². The van der Waals surface area contributed by atoms with Crippen LogP contribution in [0.1, 0.15) is 38.5 Å². The maximum Gasteiger partial charge on any atom is 0.303 e. The molecule has 2 aliphatic carbocycles. The highest BCUT2D eigenvalue weighted by Crippen LogP contribution is 2.49. The lowest BCUT2D eigenvalue weighted by molar-refractivity contribution is -0.137. The minimum absolute atomic E-state index is 0.383. The molecule has 2 heteroatoms. The van der Waals surface area contributed by atoms with Crippen molar-refractivity contribution >= 4 is 5.97 Å². The van der Waals surface area contributed by atoms with Crippen LogP contribution in [0.4, 0.5) is 0 Å². The first-order valence-corrected chi connectivity index (χ1v) is 4.97. The molecule has 2 nitrogen and oxygen atoms in total.